The topological polar surface area (TPSA) is 113 Å². The summed E-state index contributed by atoms with van der Waals surface area (Å²) >= 11 is 0. The molecule has 0 bridgehead atoms. The number of nitrogens with zero attached hydrogens (tertiary/aromatic N) is 1. The van der Waals surface area contributed by atoms with Crippen LogP contribution in [0.15, 0.2) is 60.2 Å². The average molecular weight is 397 g/mol. The van der Waals surface area contributed by atoms with E-state index < -0.39 is 34.7 Å². The van der Waals surface area contributed by atoms with E-state index in [-0.39, 0.29) is 11.3 Å². The number of rotatable bonds is 5. The Balaban J connectivity index is 2.20. The number of aliphatic hydroxyl groups excluding tert-OH is 1. The zero-order chi connectivity index (χ0) is 21.2. The molecule has 8 heteroatoms. The standard InChI is InChI=1S/C21H19NO7/c1-3-29-15-11-9-14(10-12-15)22-19(25)18(24)16(21(22,27)20(26)28-2)17(23)13-7-5-4-6-8-13/h4-12,23,27H,3H2,1-2H3/b17-16+/t21-/m1/s1. The third kappa shape index (κ3) is 3.23. The third-order valence-corrected chi connectivity index (χ3v) is 4.46. The second-order valence-electron chi connectivity index (χ2n) is 6.15. The van der Waals surface area contributed by atoms with E-state index in [1.165, 1.54) is 36.4 Å². The Morgan fingerprint density at radius 2 is 1.69 bits per heavy atom. The molecular formula is C21H19NO7. The van der Waals surface area contributed by atoms with Crippen LogP contribution in [-0.4, -0.2) is 47.3 Å². The second-order valence-corrected chi connectivity index (χ2v) is 6.15. The highest BCUT2D eigenvalue weighted by Crippen LogP contribution is 2.40. The second kappa shape index (κ2) is 7.76. The number of anilines is 1. The summed E-state index contributed by atoms with van der Waals surface area (Å²) < 4.78 is 9.99. The average Bonchev–Trinajstić information content (AvgIpc) is 2.95. The van der Waals surface area contributed by atoms with Crippen LogP contribution in [0.25, 0.3) is 5.76 Å². The summed E-state index contributed by atoms with van der Waals surface area (Å²) in [5.41, 5.74) is -3.40. The molecule has 0 spiro atoms. The normalized spacial score (nSPS) is 20.6. The summed E-state index contributed by atoms with van der Waals surface area (Å²) in [6.45, 7) is 2.22. The van der Waals surface area contributed by atoms with Crippen LogP contribution in [0.2, 0.25) is 0 Å². The van der Waals surface area contributed by atoms with Gasteiger partial charge in [0, 0.05) is 11.3 Å². The Morgan fingerprint density at radius 3 is 2.24 bits per heavy atom. The lowest BCUT2D eigenvalue weighted by Crippen LogP contribution is -2.54. The zero-order valence-corrected chi connectivity index (χ0v) is 15.8. The molecule has 2 aromatic carbocycles. The van der Waals surface area contributed by atoms with Crippen molar-refractivity contribution < 1.29 is 34.1 Å². The molecule has 1 atom stereocenters. The number of hydrogen-bond acceptors (Lipinski definition) is 7. The van der Waals surface area contributed by atoms with Gasteiger partial charge in [0.15, 0.2) is 0 Å². The van der Waals surface area contributed by atoms with Gasteiger partial charge in [-0.1, -0.05) is 30.3 Å². The summed E-state index contributed by atoms with van der Waals surface area (Å²) in [4.78, 5) is 38.6. The SMILES string of the molecule is CCOc1ccc(N2C(=O)C(=O)/C(=C(\O)c3ccccc3)[C@@]2(O)C(=O)OC)cc1. The van der Waals surface area contributed by atoms with Gasteiger partial charge in [0.1, 0.15) is 17.1 Å². The molecule has 2 aromatic rings. The molecule has 2 N–H and O–H groups in total. The van der Waals surface area contributed by atoms with Crippen LogP contribution in [0, 0.1) is 0 Å². The monoisotopic (exact) mass is 397 g/mol. The van der Waals surface area contributed by atoms with Crippen molar-refractivity contribution in [1.82, 2.24) is 0 Å². The molecule has 0 saturated carbocycles. The van der Waals surface area contributed by atoms with Gasteiger partial charge in [-0.15, -0.1) is 0 Å². The first-order chi connectivity index (χ1) is 13.9. The lowest BCUT2D eigenvalue weighted by molar-refractivity contribution is -0.158. The number of benzene rings is 2. The van der Waals surface area contributed by atoms with Gasteiger partial charge in [-0.2, -0.15) is 0 Å². The number of methoxy groups -OCH3 is 1. The van der Waals surface area contributed by atoms with Crippen LogP contribution in [0.1, 0.15) is 12.5 Å². The molecule has 1 aliphatic heterocycles. The molecule has 0 aliphatic carbocycles. The Hall–Kier alpha value is -3.65. The molecule has 1 aliphatic rings. The highest BCUT2D eigenvalue weighted by atomic mass is 16.5. The predicted octanol–water partition coefficient (Wildman–Crippen LogP) is 1.83. The molecule has 1 fully saturated rings. The number of carbonyl (C=O) groups excluding carboxylic acids is 3. The predicted molar refractivity (Wildman–Crippen MR) is 103 cm³/mol. The van der Waals surface area contributed by atoms with Gasteiger partial charge < -0.3 is 19.7 Å². The number of aliphatic hydroxyl groups is 2. The molecule has 1 heterocycles. The number of hydrogen-bond donors (Lipinski definition) is 2. The number of esters is 1. The number of ether oxygens (including phenoxy) is 2. The lowest BCUT2D eigenvalue weighted by atomic mass is 9.97. The fraction of sp³-hybridized carbons (Fsp3) is 0.190. The minimum Gasteiger partial charge on any atom is -0.507 e. The molecule has 0 aromatic heterocycles. The smallest absolute Gasteiger partial charge is 0.365 e. The number of amides is 1. The summed E-state index contributed by atoms with van der Waals surface area (Å²) in [6, 6.07) is 13.7. The molecule has 1 amide bonds. The molecule has 29 heavy (non-hydrogen) atoms. The Labute approximate surface area is 166 Å². The van der Waals surface area contributed by atoms with Crippen LogP contribution in [0.3, 0.4) is 0 Å². The van der Waals surface area contributed by atoms with Gasteiger partial charge in [-0.3, -0.25) is 14.5 Å². The van der Waals surface area contributed by atoms with Crippen molar-refractivity contribution >= 4 is 29.1 Å². The zero-order valence-electron chi connectivity index (χ0n) is 15.8. The number of Topliss-reactive ketones (excluding diaryl/α,β-unsaturated/α-hetero) is 1. The van der Waals surface area contributed by atoms with Crippen LogP contribution < -0.4 is 9.64 Å². The van der Waals surface area contributed by atoms with Crippen LogP contribution >= 0.6 is 0 Å². The van der Waals surface area contributed by atoms with Gasteiger partial charge in [0.05, 0.1) is 13.7 Å². The van der Waals surface area contributed by atoms with Crippen molar-refractivity contribution in [2.24, 2.45) is 0 Å². The Bertz CT molecular complexity index is 982. The third-order valence-electron chi connectivity index (χ3n) is 4.46. The highest BCUT2D eigenvalue weighted by molar-refractivity contribution is 6.54. The molecule has 3 rings (SSSR count). The first-order valence-electron chi connectivity index (χ1n) is 8.77. The summed E-state index contributed by atoms with van der Waals surface area (Å²) in [5, 5.41) is 21.9. The molecule has 0 radical (unpaired) electrons. The summed E-state index contributed by atoms with van der Waals surface area (Å²) in [7, 11) is 1.00. The first kappa shape index (κ1) is 20.1. The maximum absolute atomic E-state index is 12.7. The van der Waals surface area contributed by atoms with Gasteiger partial charge in [-0.05, 0) is 31.2 Å². The fourth-order valence-electron chi connectivity index (χ4n) is 3.14. The maximum Gasteiger partial charge on any atom is 0.365 e. The summed E-state index contributed by atoms with van der Waals surface area (Å²) in [5.74, 6) is -3.88. The molecule has 8 nitrogen and oxygen atoms in total. The van der Waals surface area contributed by atoms with Gasteiger partial charge in [0.2, 0.25) is 0 Å². The molecule has 1 saturated heterocycles. The van der Waals surface area contributed by atoms with Crippen molar-refractivity contribution in [3.05, 3.63) is 65.7 Å². The first-order valence-corrected chi connectivity index (χ1v) is 8.77. The molecule has 150 valence electrons. The van der Waals surface area contributed by atoms with Crippen LogP contribution in [0.5, 0.6) is 5.75 Å². The van der Waals surface area contributed by atoms with E-state index in [4.69, 9.17) is 4.74 Å². The van der Waals surface area contributed by atoms with Gasteiger partial charge in [0.25, 0.3) is 11.5 Å². The maximum atomic E-state index is 12.7. The van der Waals surface area contributed by atoms with E-state index in [1.54, 1.807) is 25.1 Å². The minimum atomic E-state index is -2.84. The van der Waals surface area contributed by atoms with E-state index >= 15 is 0 Å². The lowest BCUT2D eigenvalue weighted by Gasteiger charge is -2.31. The van der Waals surface area contributed by atoms with E-state index in [0.29, 0.717) is 17.3 Å². The van der Waals surface area contributed by atoms with Crippen molar-refractivity contribution in [3.8, 4) is 5.75 Å². The number of carbonyl (C=O) groups is 3. The van der Waals surface area contributed by atoms with E-state index in [0.717, 1.165) is 7.11 Å². The fourth-order valence-corrected chi connectivity index (χ4v) is 3.14. The Kier molecular flexibility index (Phi) is 5.38. The Morgan fingerprint density at radius 1 is 1.07 bits per heavy atom. The van der Waals surface area contributed by atoms with Crippen molar-refractivity contribution in [2.75, 3.05) is 18.6 Å². The summed E-state index contributed by atoms with van der Waals surface area (Å²) in [6.07, 6.45) is 0. The van der Waals surface area contributed by atoms with E-state index in [9.17, 15) is 24.6 Å². The van der Waals surface area contributed by atoms with Crippen LogP contribution in [0.4, 0.5) is 5.69 Å². The van der Waals surface area contributed by atoms with Crippen molar-refractivity contribution in [2.45, 2.75) is 12.6 Å². The quantitative estimate of drug-likeness (QED) is 0.342. The van der Waals surface area contributed by atoms with Crippen molar-refractivity contribution in [1.29, 1.82) is 0 Å². The van der Waals surface area contributed by atoms with Gasteiger partial charge >= 0.3 is 11.9 Å². The van der Waals surface area contributed by atoms with E-state index in [2.05, 4.69) is 4.74 Å². The minimum absolute atomic E-state index is 0.0514. The highest BCUT2D eigenvalue weighted by Gasteiger charge is 2.62. The number of ketones is 1. The van der Waals surface area contributed by atoms with E-state index in [1.807, 2.05) is 0 Å². The molecule has 0 unspecified atom stereocenters. The molecular weight excluding hydrogens is 378 g/mol. The van der Waals surface area contributed by atoms with Crippen LogP contribution in [-0.2, 0) is 19.1 Å². The van der Waals surface area contributed by atoms with Crippen molar-refractivity contribution in [3.63, 3.8) is 0 Å². The van der Waals surface area contributed by atoms with Gasteiger partial charge in [-0.25, -0.2) is 4.79 Å². The largest absolute Gasteiger partial charge is 0.507 e.